The Kier molecular flexibility index (Phi) is 4.81. The van der Waals surface area contributed by atoms with Crippen molar-refractivity contribution >= 4 is 17.5 Å². The van der Waals surface area contributed by atoms with Gasteiger partial charge in [0.05, 0.1) is 19.7 Å². The zero-order valence-electron chi connectivity index (χ0n) is 15.3. The average Bonchev–Trinajstić information content (AvgIpc) is 3.35. The number of carbonyl (C=O) groups is 2. The Morgan fingerprint density at radius 2 is 1.93 bits per heavy atom. The Morgan fingerprint density at radius 3 is 2.67 bits per heavy atom. The summed E-state index contributed by atoms with van der Waals surface area (Å²) in [5, 5.41) is 3.66. The second-order valence-corrected chi connectivity index (χ2v) is 6.73. The number of benzene rings is 1. The SMILES string of the molecule is COc1cc(C(=O)N2CCN(CC(=O)N3CCc4ccccc43)CC2)on1. The number of hydrogen-bond donors (Lipinski definition) is 0. The van der Waals surface area contributed by atoms with E-state index in [9.17, 15) is 9.59 Å². The zero-order chi connectivity index (χ0) is 18.8. The molecule has 142 valence electrons. The van der Waals surface area contributed by atoms with E-state index >= 15 is 0 Å². The Labute approximate surface area is 157 Å². The minimum Gasteiger partial charge on any atom is -0.479 e. The molecule has 8 nitrogen and oxygen atoms in total. The van der Waals surface area contributed by atoms with Gasteiger partial charge in [-0.2, -0.15) is 0 Å². The van der Waals surface area contributed by atoms with Gasteiger partial charge in [-0.25, -0.2) is 0 Å². The van der Waals surface area contributed by atoms with Crippen LogP contribution in [0.5, 0.6) is 5.88 Å². The first-order chi connectivity index (χ1) is 13.2. The van der Waals surface area contributed by atoms with E-state index in [0.717, 1.165) is 18.7 Å². The molecule has 1 aromatic heterocycles. The van der Waals surface area contributed by atoms with Crippen molar-refractivity contribution in [3.63, 3.8) is 0 Å². The Balaban J connectivity index is 1.31. The molecule has 0 spiro atoms. The summed E-state index contributed by atoms with van der Waals surface area (Å²) in [6.07, 6.45) is 0.908. The van der Waals surface area contributed by atoms with Crippen LogP contribution >= 0.6 is 0 Å². The van der Waals surface area contributed by atoms with E-state index in [1.54, 1.807) is 4.90 Å². The van der Waals surface area contributed by atoms with Gasteiger partial charge in [-0.1, -0.05) is 18.2 Å². The minimum atomic E-state index is -0.203. The molecule has 2 amide bonds. The van der Waals surface area contributed by atoms with Crippen molar-refractivity contribution in [2.75, 3.05) is 51.3 Å². The summed E-state index contributed by atoms with van der Waals surface area (Å²) in [5.41, 5.74) is 2.25. The molecule has 8 heteroatoms. The quantitative estimate of drug-likeness (QED) is 0.800. The third-order valence-corrected chi connectivity index (χ3v) is 5.12. The average molecular weight is 370 g/mol. The number of amides is 2. The molecule has 0 aliphatic carbocycles. The molecule has 1 saturated heterocycles. The number of aromatic nitrogens is 1. The predicted octanol–water partition coefficient (Wildman–Crippen LogP) is 1.03. The highest BCUT2D eigenvalue weighted by Crippen LogP contribution is 2.27. The van der Waals surface area contributed by atoms with Crippen molar-refractivity contribution in [2.24, 2.45) is 0 Å². The molecular formula is C19H22N4O4. The number of methoxy groups -OCH3 is 1. The first-order valence-corrected chi connectivity index (χ1v) is 9.06. The van der Waals surface area contributed by atoms with Gasteiger partial charge >= 0.3 is 0 Å². The van der Waals surface area contributed by atoms with E-state index in [4.69, 9.17) is 9.26 Å². The fraction of sp³-hybridized carbons (Fsp3) is 0.421. The summed E-state index contributed by atoms with van der Waals surface area (Å²) in [6.45, 7) is 3.50. The summed E-state index contributed by atoms with van der Waals surface area (Å²) in [7, 11) is 1.47. The Hall–Kier alpha value is -2.87. The lowest BCUT2D eigenvalue weighted by Crippen LogP contribution is -2.51. The van der Waals surface area contributed by atoms with Gasteiger partial charge in [0, 0.05) is 38.4 Å². The van der Waals surface area contributed by atoms with E-state index in [2.05, 4.69) is 16.1 Å². The van der Waals surface area contributed by atoms with Gasteiger partial charge in [0.25, 0.3) is 11.8 Å². The number of ether oxygens (including phenoxy) is 1. The molecule has 3 heterocycles. The van der Waals surface area contributed by atoms with Crippen LogP contribution in [0, 0.1) is 0 Å². The molecule has 2 aliphatic rings. The van der Waals surface area contributed by atoms with E-state index in [1.165, 1.54) is 18.7 Å². The largest absolute Gasteiger partial charge is 0.479 e. The molecule has 4 rings (SSSR count). The molecule has 2 aromatic rings. The number of carbonyl (C=O) groups excluding carboxylic acids is 2. The lowest BCUT2D eigenvalue weighted by Gasteiger charge is -2.34. The van der Waals surface area contributed by atoms with Crippen LogP contribution < -0.4 is 9.64 Å². The molecular weight excluding hydrogens is 348 g/mol. The maximum absolute atomic E-state index is 12.7. The Bertz CT molecular complexity index is 842. The first-order valence-electron chi connectivity index (χ1n) is 9.06. The number of nitrogens with zero attached hydrogens (tertiary/aromatic N) is 4. The molecule has 0 radical (unpaired) electrons. The van der Waals surface area contributed by atoms with Gasteiger partial charge < -0.3 is 19.1 Å². The molecule has 1 fully saturated rings. The smallest absolute Gasteiger partial charge is 0.292 e. The topological polar surface area (TPSA) is 79.1 Å². The zero-order valence-corrected chi connectivity index (χ0v) is 15.3. The van der Waals surface area contributed by atoms with Crippen LogP contribution in [-0.2, 0) is 11.2 Å². The molecule has 0 unspecified atom stereocenters. The standard InChI is InChI=1S/C19H22N4O4/c1-26-17-12-16(27-20-17)19(25)22-10-8-21(9-11-22)13-18(24)23-7-6-14-4-2-3-5-15(14)23/h2-5,12H,6-11,13H2,1H3. The van der Waals surface area contributed by atoms with E-state index < -0.39 is 0 Å². The van der Waals surface area contributed by atoms with E-state index in [-0.39, 0.29) is 23.5 Å². The van der Waals surface area contributed by atoms with Crippen molar-refractivity contribution in [1.29, 1.82) is 0 Å². The molecule has 1 aromatic carbocycles. The number of hydrogen-bond acceptors (Lipinski definition) is 6. The Morgan fingerprint density at radius 1 is 1.15 bits per heavy atom. The maximum Gasteiger partial charge on any atom is 0.292 e. The number of fused-ring (bicyclic) bond motifs is 1. The van der Waals surface area contributed by atoms with E-state index in [1.807, 2.05) is 23.1 Å². The lowest BCUT2D eigenvalue weighted by molar-refractivity contribution is -0.120. The van der Waals surface area contributed by atoms with Crippen LogP contribution in [0.2, 0.25) is 0 Å². The number of anilines is 1. The van der Waals surface area contributed by atoms with Crippen molar-refractivity contribution in [2.45, 2.75) is 6.42 Å². The summed E-state index contributed by atoms with van der Waals surface area (Å²) in [4.78, 5) is 30.8. The molecule has 2 aliphatic heterocycles. The lowest BCUT2D eigenvalue weighted by atomic mass is 10.2. The highest BCUT2D eigenvalue weighted by Gasteiger charge is 2.29. The molecule has 0 atom stereocenters. The summed E-state index contributed by atoms with van der Waals surface area (Å²) >= 11 is 0. The van der Waals surface area contributed by atoms with Gasteiger partial charge in [-0.15, -0.1) is 0 Å². The van der Waals surface area contributed by atoms with Gasteiger partial charge in [0.15, 0.2) is 0 Å². The third-order valence-electron chi connectivity index (χ3n) is 5.12. The van der Waals surface area contributed by atoms with Crippen LogP contribution in [0.25, 0.3) is 0 Å². The van der Waals surface area contributed by atoms with Crippen LogP contribution in [0.15, 0.2) is 34.9 Å². The van der Waals surface area contributed by atoms with Crippen molar-refractivity contribution in [3.05, 3.63) is 41.7 Å². The summed E-state index contributed by atoms with van der Waals surface area (Å²) in [5.74, 6) is 0.364. The highest BCUT2D eigenvalue weighted by atomic mass is 16.5. The second kappa shape index (κ2) is 7.40. The predicted molar refractivity (Wildman–Crippen MR) is 97.9 cm³/mol. The molecule has 0 bridgehead atoms. The summed E-state index contributed by atoms with van der Waals surface area (Å²) in [6, 6.07) is 9.54. The monoisotopic (exact) mass is 370 g/mol. The van der Waals surface area contributed by atoms with Gasteiger partial charge in [0.1, 0.15) is 0 Å². The van der Waals surface area contributed by atoms with E-state index in [0.29, 0.717) is 32.7 Å². The minimum absolute atomic E-state index is 0.111. The molecule has 0 N–H and O–H groups in total. The fourth-order valence-corrected chi connectivity index (χ4v) is 3.59. The van der Waals surface area contributed by atoms with Gasteiger partial charge in [-0.3, -0.25) is 14.5 Å². The van der Waals surface area contributed by atoms with Crippen LogP contribution in [0.4, 0.5) is 5.69 Å². The normalized spacial score (nSPS) is 17.1. The van der Waals surface area contributed by atoms with Gasteiger partial charge in [0.2, 0.25) is 11.7 Å². The highest BCUT2D eigenvalue weighted by molar-refractivity contribution is 5.96. The fourth-order valence-electron chi connectivity index (χ4n) is 3.59. The second-order valence-electron chi connectivity index (χ2n) is 6.73. The molecule has 0 saturated carbocycles. The number of rotatable bonds is 4. The maximum atomic E-state index is 12.7. The first kappa shape index (κ1) is 17.5. The molecule has 27 heavy (non-hydrogen) atoms. The third kappa shape index (κ3) is 3.52. The number of piperazine rings is 1. The van der Waals surface area contributed by atoms with Crippen LogP contribution in [-0.4, -0.2) is 73.1 Å². The summed E-state index contributed by atoms with van der Waals surface area (Å²) < 4.78 is 9.96. The van der Waals surface area contributed by atoms with Crippen molar-refractivity contribution in [3.8, 4) is 5.88 Å². The van der Waals surface area contributed by atoms with Crippen molar-refractivity contribution < 1.29 is 18.8 Å². The van der Waals surface area contributed by atoms with Crippen LogP contribution in [0.1, 0.15) is 16.1 Å². The number of para-hydroxylation sites is 1. The van der Waals surface area contributed by atoms with Crippen molar-refractivity contribution in [1.82, 2.24) is 15.0 Å². The van der Waals surface area contributed by atoms with Gasteiger partial charge in [-0.05, 0) is 23.2 Å². The van der Waals surface area contributed by atoms with Crippen LogP contribution in [0.3, 0.4) is 0 Å².